The van der Waals surface area contributed by atoms with E-state index in [4.69, 9.17) is 0 Å². The summed E-state index contributed by atoms with van der Waals surface area (Å²) in [6, 6.07) is 7.11. The van der Waals surface area contributed by atoms with E-state index >= 15 is 0 Å². The summed E-state index contributed by atoms with van der Waals surface area (Å²) in [6.07, 6.45) is 2.82. The van der Waals surface area contributed by atoms with E-state index in [0.29, 0.717) is 23.5 Å². The van der Waals surface area contributed by atoms with Crippen molar-refractivity contribution in [3.63, 3.8) is 0 Å². The van der Waals surface area contributed by atoms with E-state index in [9.17, 15) is 22.8 Å². The molecule has 0 aliphatic rings. The average molecular weight is 526 g/mol. The maximum atomic E-state index is 12.5. The molecule has 4 aromatic rings. The van der Waals surface area contributed by atoms with Crippen molar-refractivity contribution >= 4 is 40.3 Å². The van der Waals surface area contributed by atoms with Crippen LogP contribution in [0, 0.1) is 13.8 Å². The van der Waals surface area contributed by atoms with E-state index in [1.165, 1.54) is 0 Å². The third-order valence-corrected chi connectivity index (χ3v) is 6.18. The van der Waals surface area contributed by atoms with Gasteiger partial charge in [0.1, 0.15) is 13.1 Å². The highest BCUT2D eigenvalue weighted by Crippen LogP contribution is 2.38. The van der Waals surface area contributed by atoms with Gasteiger partial charge in [-0.3, -0.25) is 24.2 Å². The molecule has 1 N–H and O–H groups in total. The Labute approximate surface area is 216 Å². The molecular formula is C26H26F3N7O2. The van der Waals surface area contributed by atoms with Crippen molar-refractivity contribution in [2.45, 2.75) is 20.0 Å². The monoisotopic (exact) mass is 525 g/mol. The number of carbonyl (C=O) groups is 2. The Morgan fingerprint density at radius 2 is 1.87 bits per heavy atom. The summed E-state index contributed by atoms with van der Waals surface area (Å²) in [5.74, 6) is -0.926. The lowest BCUT2D eigenvalue weighted by Gasteiger charge is -2.29. The molecule has 0 aliphatic heterocycles. The Bertz CT molecular complexity index is 1500. The van der Waals surface area contributed by atoms with Crippen molar-refractivity contribution < 1.29 is 22.8 Å². The topological polar surface area (TPSA) is 96.2 Å². The number of hydrogen-bond donors (Lipinski definition) is 1. The largest absolute Gasteiger partial charge is 0.405 e. The van der Waals surface area contributed by atoms with Gasteiger partial charge in [0.2, 0.25) is 12.3 Å². The van der Waals surface area contributed by atoms with Crippen LogP contribution in [0.3, 0.4) is 0 Å². The fraction of sp³-hybridized carbons (Fsp3) is 0.269. The summed E-state index contributed by atoms with van der Waals surface area (Å²) < 4.78 is 39.2. The van der Waals surface area contributed by atoms with Crippen molar-refractivity contribution in [2.75, 3.05) is 29.9 Å². The quantitative estimate of drug-likeness (QED) is 0.349. The second-order valence-electron chi connectivity index (χ2n) is 8.87. The molecule has 12 heteroatoms. The first-order valence-corrected chi connectivity index (χ1v) is 11.6. The van der Waals surface area contributed by atoms with E-state index in [1.54, 1.807) is 54.0 Å². The van der Waals surface area contributed by atoms with Crippen LogP contribution in [-0.4, -0.2) is 58.4 Å². The summed E-state index contributed by atoms with van der Waals surface area (Å²) in [6.45, 7) is 1.72. The van der Waals surface area contributed by atoms with Crippen molar-refractivity contribution in [1.29, 1.82) is 0 Å². The molecule has 0 atom stereocenters. The number of pyridine rings is 2. The molecule has 0 unspecified atom stereocenters. The maximum Gasteiger partial charge on any atom is 0.405 e. The summed E-state index contributed by atoms with van der Waals surface area (Å²) in [7, 11) is 3.64. The molecule has 3 heterocycles. The minimum absolute atomic E-state index is 0.373. The van der Waals surface area contributed by atoms with Crippen molar-refractivity contribution in [3.05, 3.63) is 60.2 Å². The number of para-hydroxylation sites is 1. The minimum atomic E-state index is -4.55. The van der Waals surface area contributed by atoms with Crippen LogP contribution in [-0.2, 0) is 16.6 Å². The highest BCUT2D eigenvalue weighted by molar-refractivity contribution is 5.95. The molecule has 198 valence electrons. The Balaban J connectivity index is 1.66. The van der Waals surface area contributed by atoms with E-state index in [2.05, 4.69) is 15.1 Å². The first-order chi connectivity index (χ1) is 18.0. The first kappa shape index (κ1) is 26.6. The lowest BCUT2D eigenvalue weighted by atomic mass is 10.1. The number of aryl methyl sites for hydroxylation is 3. The highest BCUT2D eigenvalue weighted by atomic mass is 19.4. The van der Waals surface area contributed by atoms with Gasteiger partial charge < -0.3 is 15.1 Å². The predicted molar refractivity (Wildman–Crippen MR) is 138 cm³/mol. The molecule has 0 bridgehead atoms. The van der Waals surface area contributed by atoms with Gasteiger partial charge in [0.15, 0.2) is 0 Å². The number of fused-ring (bicyclic) bond motifs is 1. The molecule has 38 heavy (non-hydrogen) atoms. The summed E-state index contributed by atoms with van der Waals surface area (Å²) in [4.78, 5) is 36.0. The molecule has 0 saturated carbocycles. The molecule has 9 nitrogen and oxygen atoms in total. The number of aromatic nitrogens is 4. The molecular weight excluding hydrogens is 499 g/mol. The number of benzene rings is 1. The first-order valence-electron chi connectivity index (χ1n) is 11.6. The van der Waals surface area contributed by atoms with Gasteiger partial charge in [-0.15, -0.1) is 0 Å². The average Bonchev–Trinajstić information content (AvgIpc) is 3.26. The number of carbonyl (C=O) groups excluding carboxylic acids is 2. The Morgan fingerprint density at radius 1 is 1.11 bits per heavy atom. The van der Waals surface area contributed by atoms with Crippen LogP contribution in [0.25, 0.3) is 22.2 Å². The number of halogens is 3. The second kappa shape index (κ2) is 10.5. The number of nitrogens with zero attached hydrogens (tertiary/aromatic N) is 6. The van der Waals surface area contributed by atoms with Gasteiger partial charge in [-0.2, -0.15) is 18.3 Å². The molecule has 0 saturated heterocycles. The Kier molecular flexibility index (Phi) is 7.33. The van der Waals surface area contributed by atoms with Gasteiger partial charge in [-0.25, -0.2) is 0 Å². The van der Waals surface area contributed by atoms with Crippen LogP contribution >= 0.6 is 0 Å². The van der Waals surface area contributed by atoms with Crippen LogP contribution in [0.5, 0.6) is 0 Å². The fourth-order valence-electron chi connectivity index (χ4n) is 4.33. The Hall–Kier alpha value is -4.48. The molecule has 1 aromatic carbocycles. The van der Waals surface area contributed by atoms with Crippen molar-refractivity contribution in [2.24, 2.45) is 7.05 Å². The van der Waals surface area contributed by atoms with Gasteiger partial charge >= 0.3 is 6.18 Å². The van der Waals surface area contributed by atoms with Crippen molar-refractivity contribution in [1.82, 2.24) is 25.1 Å². The van der Waals surface area contributed by atoms with Gasteiger partial charge in [0.25, 0.3) is 0 Å². The van der Waals surface area contributed by atoms with Crippen LogP contribution in [0.4, 0.5) is 30.2 Å². The number of anilines is 3. The zero-order valence-corrected chi connectivity index (χ0v) is 21.2. The van der Waals surface area contributed by atoms with Crippen LogP contribution in [0.2, 0.25) is 0 Å². The van der Waals surface area contributed by atoms with E-state index in [-0.39, 0.29) is 0 Å². The molecule has 0 aliphatic carbocycles. The summed E-state index contributed by atoms with van der Waals surface area (Å²) in [5, 5.41) is 7.02. The van der Waals surface area contributed by atoms with Gasteiger partial charge in [0, 0.05) is 31.2 Å². The molecule has 4 rings (SSSR count). The predicted octanol–water partition coefficient (Wildman–Crippen LogP) is 4.06. The third-order valence-electron chi connectivity index (χ3n) is 6.18. The normalized spacial score (nSPS) is 11.4. The number of alkyl halides is 3. The number of hydrogen-bond acceptors (Lipinski definition) is 6. The van der Waals surface area contributed by atoms with Gasteiger partial charge in [-0.05, 0) is 37.1 Å². The van der Waals surface area contributed by atoms with E-state index < -0.39 is 25.2 Å². The van der Waals surface area contributed by atoms with E-state index in [0.717, 1.165) is 38.2 Å². The highest BCUT2D eigenvalue weighted by Gasteiger charge is 2.28. The van der Waals surface area contributed by atoms with E-state index in [1.807, 2.05) is 37.9 Å². The zero-order valence-electron chi connectivity index (χ0n) is 21.2. The Morgan fingerprint density at radius 3 is 2.55 bits per heavy atom. The fourth-order valence-corrected chi connectivity index (χ4v) is 4.33. The number of amides is 2. The third kappa shape index (κ3) is 5.43. The standard InChI is InChI=1S/C26H26F3N7O2/c1-16-6-5-7-21(36(15-37)13-24(38)32-14-26(27,28)29)25(16)34(3)22-12-31-20(8-17(22)2)18-9-30-11-23-19(18)10-33-35(23)4/h5-12,15H,13-14H2,1-4H3,(H,32,38). The van der Waals surface area contributed by atoms with Crippen molar-refractivity contribution in [3.8, 4) is 11.3 Å². The smallest absolute Gasteiger partial charge is 0.345 e. The zero-order chi connectivity index (χ0) is 27.6. The van der Waals surface area contributed by atoms with Gasteiger partial charge in [-0.1, -0.05) is 12.1 Å². The molecule has 3 aromatic heterocycles. The molecule has 0 spiro atoms. The summed E-state index contributed by atoms with van der Waals surface area (Å²) in [5.41, 5.74) is 5.82. The lowest BCUT2D eigenvalue weighted by molar-refractivity contribution is -0.137. The lowest BCUT2D eigenvalue weighted by Crippen LogP contribution is -2.41. The van der Waals surface area contributed by atoms with Crippen LogP contribution in [0.15, 0.2) is 49.1 Å². The van der Waals surface area contributed by atoms with Gasteiger partial charge in [0.05, 0.1) is 46.9 Å². The minimum Gasteiger partial charge on any atom is -0.345 e. The number of rotatable bonds is 8. The molecule has 0 fully saturated rings. The summed E-state index contributed by atoms with van der Waals surface area (Å²) >= 11 is 0. The maximum absolute atomic E-state index is 12.5. The second-order valence-corrected chi connectivity index (χ2v) is 8.87. The molecule has 0 radical (unpaired) electrons. The SMILES string of the molecule is Cc1cc(-c2cncc3c2cnn3C)ncc1N(C)c1c(C)cccc1N(C=O)CC(=O)NCC(F)(F)F. The van der Waals surface area contributed by atoms with Crippen LogP contribution < -0.4 is 15.1 Å². The van der Waals surface area contributed by atoms with Crippen LogP contribution in [0.1, 0.15) is 11.1 Å². The molecule has 2 amide bonds. The number of nitrogens with one attached hydrogen (secondary N) is 1.